The molecule has 0 unspecified atom stereocenters. The molecule has 0 spiro atoms. The van der Waals surface area contributed by atoms with Crippen LogP contribution < -0.4 is 9.64 Å². The van der Waals surface area contributed by atoms with Crippen molar-refractivity contribution in [3.8, 4) is 5.75 Å². The highest BCUT2D eigenvalue weighted by Crippen LogP contribution is 2.36. The summed E-state index contributed by atoms with van der Waals surface area (Å²) in [7, 11) is -3.85. The van der Waals surface area contributed by atoms with Crippen molar-refractivity contribution in [3.63, 3.8) is 0 Å². The van der Waals surface area contributed by atoms with Crippen LogP contribution in [0.15, 0.2) is 47.4 Å². The number of hydrogen-bond acceptors (Lipinski definition) is 4. The van der Waals surface area contributed by atoms with Gasteiger partial charge >= 0.3 is 0 Å². The molecule has 2 aliphatic rings. The normalized spacial score (nSPS) is 21.7. The first-order valence-electron chi connectivity index (χ1n) is 10.7. The van der Waals surface area contributed by atoms with Gasteiger partial charge in [0.25, 0.3) is 0 Å². The summed E-state index contributed by atoms with van der Waals surface area (Å²) in [6, 6.07) is 12.6. The zero-order valence-corrected chi connectivity index (χ0v) is 19.3. The Labute approximate surface area is 188 Å². The van der Waals surface area contributed by atoms with E-state index in [1.54, 1.807) is 19.1 Å². The van der Waals surface area contributed by atoms with Crippen molar-refractivity contribution in [1.82, 2.24) is 4.31 Å². The third-order valence-electron chi connectivity index (χ3n) is 6.00. The maximum absolute atomic E-state index is 13.5. The molecule has 2 aromatic rings. The van der Waals surface area contributed by atoms with E-state index in [2.05, 4.69) is 0 Å². The number of hydrogen-bond donors (Lipinski definition) is 0. The minimum absolute atomic E-state index is 0.00604. The summed E-state index contributed by atoms with van der Waals surface area (Å²) in [5.41, 5.74) is 2.09. The second-order valence-electron chi connectivity index (χ2n) is 8.12. The van der Waals surface area contributed by atoms with E-state index < -0.39 is 10.0 Å². The van der Waals surface area contributed by atoms with Crippen LogP contribution in [0.4, 0.5) is 5.69 Å². The molecular weight excluding hydrogens is 436 g/mol. The number of fused-ring (bicyclic) bond motifs is 1. The van der Waals surface area contributed by atoms with Crippen molar-refractivity contribution >= 4 is 33.2 Å². The Kier molecular flexibility index (Phi) is 6.28. The van der Waals surface area contributed by atoms with E-state index >= 15 is 0 Å². The Bertz CT molecular complexity index is 1090. The summed E-state index contributed by atoms with van der Waals surface area (Å²) in [5, 5.41) is 0.328. The van der Waals surface area contributed by atoms with E-state index in [1.807, 2.05) is 36.1 Å². The lowest BCUT2D eigenvalue weighted by Gasteiger charge is -2.34. The van der Waals surface area contributed by atoms with Crippen molar-refractivity contribution in [1.29, 1.82) is 0 Å². The predicted octanol–water partition coefficient (Wildman–Crippen LogP) is 4.12. The molecule has 1 fully saturated rings. The summed E-state index contributed by atoms with van der Waals surface area (Å²) in [5.74, 6) is -0.109. The van der Waals surface area contributed by atoms with Gasteiger partial charge in [0.05, 0.1) is 12.5 Å². The van der Waals surface area contributed by atoms with Gasteiger partial charge in [-0.1, -0.05) is 29.8 Å². The largest absolute Gasteiger partial charge is 0.492 e. The van der Waals surface area contributed by atoms with Crippen LogP contribution in [-0.2, 0) is 21.2 Å². The molecule has 31 heavy (non-hydrogen) atoms. The van der Waals surface area contributed by atoms with E-state index in [1.165, 1.54) is 10.4 Å². The van der Waals surface area contributed by atoms with Crippen LogP contribution in [-0.4, -0.2) is 44.4 Å². The fourth-order valence-electron chi connectivity index (χ4n) is 4.56. The molecule has 8 heteroatoms. The van der Waals surface area contributed by atoms with Gasteiger partial charge in [0.2, 0.25) is 15.9 Å². The standard InChI is InChI=1S/C23H27ClN2O4S/c1-3-30-21-11-10-19(24)14-22(21)31(28,29)25-12-6-8-18(15-25)23(27)26-16(2)13-17-7-4-5-9-20(17)26/h4-5,7,9-11,14,16,18H,3,6,8,12-13,15H2,1-2H3/t16-,18-/m0/s1. The second kappa shape index (κ2) is 8.81. The fraction of sp³-hybridized carbons (Fsp3) is 0.435. The summed E-state index contributed by atoms with van der Waals surface area (Å²) in [6.45, 7) is 4.71. The number of para-hydroxylation sites is 1. The quantitative estimate of drug-likeness (QED) is 0.670. The van der Waals surface area contributed by atoms with Crippen molar-refractivity contribution < 1.29 is 17.9 Å². The van der Waals surface area contributed by atoms with Crippen molar-refractivity contribution in [2.45, 2.75) is 44.0 Å². The number of amides is 1. The van der Waals surface area contributed by atoms with Gasteiger partial charge in [-0.15, -0.1) is 0 Å². The number of sulfonamides is 1. The monoisotopic (exact) mass is 462 g/mol. The predicted molar refractivity (Wildman–Crippen MR) is 121 cm³/mol. The molecular formula is C23H27ClN2O4S. The highest BCUT2D eigenvalue weighted by molar-refractivity contribution is 7.89. The maximum atomic E-state index is 13.5. The van der Waals surface area contributed by atoms with Gasteiger partial charge in [0.1, 0.15) is 10.6 Å². The van der Waals surface area contributed by atoms with Crippen LogP contribution in [0.5, 0.6) is 5.75 Å². The van der Waals surface area contributed by atoms with E-state index in [4.69, 9.17) is 16.3 Å². The summed E-state index contributed by atoms with van der Waals surface area (Å²) in [6.07, 6.45) is 2.12. The second-order valence-corrected chi connectivity index (χ2v) is 10.5. The topological polar surface area (TPSA) is 66.9 Å². The molecule has 4 rings (SSSR count). The lowest BCUT2D eigenvalue weighted by Crippen LogP contribution is -2.48. The van der Waals surface area contributed by atoms with Crippen LogP contribution in [0, 0.1) is 5.92 Å². The van der Waals surface area contributed by atoms with Crippen LogP contribution in [0.1, 0.15) is 32.3 Å². The Morgan fingerprint density at radius 1 is 1.23 bits per heavy atom. The Hall–Kier alpha value is -2.09. The molecule has 2 atom stereocenters. The molecule has 6 nitrogen and oxygen atoms in total. The van der Waals surface area contributed by atoms with E-state index in [9.17, 15) is 13.2 Å². The molecule has 2 aromatic carbocycles. The van der Waals surface area contributed by atoms with Gasteiger partial charge in [-0.25, -0.2) is 8.42 Å². The summed E-state index contributed by atoms with van der Waals surface area (Å²) in [4.78, 5) is 15.4. The van der Waals surface area contributed by atoms with Crippen molar-refractivity contribution in [2.24, 2.45) is 5.92 Å². The molecule has 0 bridgehead atoms. The third kappa shape index (κ3) is 4.19. The summed E-state index contributed by atoms with van der Waals surface area (Å²) < 4.78 is 33.8. The average molecular weight is 463 g/mol. The van der Waals surface area contributed by atoms with Gasteiger partial charge in [0, 0.05) is 29.8 Å². The molecule has 0 radical (unpaired) electrons. The molecule has 0 N–H and O–H groups in total. The van der Waals surface area contributed by atoms with Gasteiger partial charge in [-0.05, 0) is 62.9 Å². The third-order valence-corrected chi connectivity index (χ3v) is 8.12. The van der Waals surface area contributed by atoms with Crippen molar-refractivity contribution in [3.05, 3.63) is 53.1 Å². The lowest BCUT2D eigenvalue weighted by molar-refractivity contribution is -0.123. The van der Waals surface area contributed by atoms with Gasteiger partial charge in [-0.2, -0.15) is 4.31 Å². The Balaban J connectivity index is 1.59. The number of carbonyl (C=O) groups is 1. The number of piperidine rings is 1. The molecule has 1 saturated heterocycles. The summed E-state index contributed by atoms with van der Waals surface area (Å²) >= 11 is 6.09. The first kappa shape index (κ1) is 22.1. The van der Waals surface area contributed by atoms with Gasteiger partial charge in [-0.3, -0.25) is 4.79 Å². The molecule has 0 aliphatic carbocycles. The van der Waals surface area contributed by atoms with Crippen LogP contribution in [0.25, 0.3) is 0 Å². The highest BCUT2D eigenvalue weighted by atomic mass is 35.5. The van der Waals surface area contributed by atoms with Gasteiger partial charge in [0.15, 0.2) is 0 Å². The van der Waals surface area contributed by atoms with Gasteiger partial charge < -0.3 is 9.64 Å². The Morgan fingerprint density at radius 2 is 2.00 bits per heavy atom. The number of ether oxygens (including phenoxy) is 1. The first-order valence-corrected chi connectivity index (χ1v) is 12.5. The van der Waals surface area contributed by atoms with Crippen LogP contribution in [0.3, 0.4) is 0 Å². The molecule has 2 aliphatic heterocycles. The zero-order chi connectivity index (χ0) is 22.2. The van der Waals surface area contributed by atoms with E-state index in [0.29, 0.717) is 31.0 Å². The number of carbonyl (C=O) groups excluding carboxylic acids is 1. The minimum Gasteiger partial charge on any atom is -0.492 e. The lowest BCUT2D eigenvalue weighted by atomic mass is 9.97. The van der Waals surface area contributed by atoms with Crippen LogP contribution in [0.2, 0.25) is 5.02 Å². The number of anilines is 1. The fourth-order valence-corrected chi connectivity index (χ4v) is 6.48. The van der Waals surface area contributed by atoms with Crippen LogP contribution >= 0.6 is 11.6 Å². The number of halogens is 1. The molecule has 0 saturated carbocycles. The SMILES string of the molecule is CCOc1ccc(Cl)cc1S(=O)(=O)N1CCC[C@H](C(=O)N2c3ccccc3C[C@@H]2C)C1. The number of benzene rings is 2. The number of rotatable bonds is 5. The molecule has 0 aromatic heterocycles. The van der Waals surface area contributed by atoms with Crippen molar-refractivity contribution in [2.75, 3.05) is 24.6 Å². The number of nitrogens with zero attached hydrogens (tertiary/aromatic N) is 2. The molecule has 166 valence electrons. The van der Waals surface area contributed by atoms with E-state index in [0.717, 1.165) is 17.7 Å². The Morgan fingerprint density at radius 3 is 2.77 bits per heavy atom. The average Bonchev–Trinajstić information content (AvgIpc) is 3.10. The highest BCUT2D eigenvalue weighted by Gasteiger charge is 2.39. The molecule has 1 amide bonds. The first-order chi connectivity index (χ1) is 14.8. The van der Waals surface area contributed by atoms with E-state index in [-0.39, 0.29) is 35.1 Å². The minimum atomic E-state index is -3.85. The smallest absolute Gasteiger partial charge is 0.246 e. The molecule has 2 heterocycles. The maximum Gasteiger partial charge on any atom is 0.246 e. The zero-order valence-electron chi connectivity index (χ0n) is 17.8.